The molecule has 0 atom stereocenters. The summed E-state index contributed by atoms with van der Waals surface area (Å²) in [5, 5.41) is 0.585. The maximum absolute atomic E-state index is 12.5. The first-order valence-electron chi connectivity index (χ1n) is 13.4. The molecule has 0 fully saturated rings. The molecular formula is C29H30Cl3F3N8O6. The number of hydrogen-bond acceptors (Lipinski definition) is 11. The van der Waals surface area contributed by atoms with Gasteiger partial charge in [-0.25, -0.2) is 19.9 Å². The van der Waals surface area contributed by atoms with Crippen molar-refractivity contribution >= 4 is 68.3 Å². The van der Waals surface area contributed by atoms with Crippen LogP contribution in [0.25, 0.3) is 21.9 Å². The van der Waals surface area contributed by atoms with Crippen LogP contribution in [0.15, 0.2) is 46.0 Å². The Morgan fingerprint density at radius 2 is 1.37 bits per heavy atom. The fraction of sp³-hybridized carbons (Fsp3) is 0.276. The second-order valence-electron chi connectivity index (χ2n) is 9.61. The molecule has 6 N–H and O–H groups in total. The highest BCUT2D eigenvalue weighted by molar-refractivity contribution is 6.30. The highest BCUT2D eigenvalue weighted by Gasteiger charge is 2.34. The van der Waals surface area contributed by atoms with Crippen LogP contribution in [0.2, 0.25) is 15.5 Å². The molecule has 0 bridgehead atoms. The van der Waals surface area contributed by atoms with E-state index in [-0.39, 0.29) is 39.0 Å². The van der Waals surface area contributed by atoms with Gasteiger partial charge < -0.3 is 35.6 Å². The number of nitrogens with two attached hydrogens (primary N) is 2. The molecule has 49 heavy (non-hydrogen) atoms. The summed E-state index contributed by atoms with van der Waals surface area (Å²) in [6.45, 7) is 4.98. The number of H-pyrrole nitrogens is 2. The minimum atomic E-state index is -4.63. The molecule has 0 aliphatic rings. The first-order valence-corrected chi connectivity index (χ1v) is 14.6. The smallest absolute Gasteiger partial charge is 0.397 e. The molecule has 0 aliphatic heterocycles. The van der Waals surface area contributed by atoms with Gasteiger partial charge in [-0.3, -0.25) is 14.4 Å². The van der Waals surface area contributed by atoms with E-state index in [1.165, 1.54) is 40.4 Å². The second kappa shape index (κ2) is 17.3. The van der Waals surface area contributed by atoms with Crippen molar-refractivity contribution < 1.29 is 32.2 Å². The van der Waals surface area contributed by atoms with Crippen molar-refractivity contribution in [2.45, 2.75) is 32.9 Å². The monoisotopic (exact) mass is 748 g/mol. The zero-order chi connectivity index (χ0) is 37.3. The number of nitrogen functional groups attached to an aromatic ring is 1. The number of halogens is 6. The first kappa shape index (κ1) is 40.8. The molecule has 0 radical (unpaired) electrons. The number of carbonyl (C=O) groups is 1. The van der Waals surface area contributed by atoms with E-state index in [2.05, 4.69) is 29.9 Å². The molecule has 0 saturated heterocycles. The number of ether oxygens (including phenoxy) is 3. The Bertz CT molecular complexity index is 2050. The van der Waals surface area contributed by atoms with E-state index in [4.69, 9.17) is 60.5 Å². The lowest BCUT2D eigenvalue weighted by Gasteiger charge is -2.23. The normalized spacial score (nSPS) is 11.1. The van der Waals surface area contributed by atoms with Crippen LogP contribution >= 0.6 is 34.8 Å². The summed E-state index contributed by atoms with van der Waals surface area (Å²) in [5.41, 5.74) is 9.49. The van der Waals surface area contributed by atoms with Crippen LogP contribution in [-0.4, -0.2) is 63.1 Å². The van der Waals surface area contributed by atoms with Crippen LogP contribution in [0.1, 0.15) is 34.5 Å². The number of alkyl halides is 3. The van der Waals surface area contributed by atoms with Crippen LogP contribution in [-0.2, 0) is 20.4 Å². The van der Waals surface area contributed by atoms with Crippen molar-refractivity contribution in [2.75, 3.05) is 27.1 Å². The number of nitrogens with zero attached hydrogens (tertiary/aromatic N) is 4. The average Bonchev–Trinajstić information content (AvgIpc) is 3.02. The number of amides is 1. The molecule has 5 rings (SSSR count). The molecule has 5 aromatic heterocycles. The van der Waals surface area contributed by atoms with Crippen LogP contribution in [0.3, 0.4) is 0 Å². The van der Waals surface area contributed by atoms with Crippen molar-refractivity contribution in [1.82, 2.24) is 29.9 Å². The Kier molecular flexibility index (Phi) is 14.4. The molecule has 1 amide bonds. The van der Waals surface area contributed by atoms with Gasteiger partial charge in [-0.2, -0.15) is 13.2 Å². The number of carbonyl (C=O) groups excluding carboxylic acids is 1. The topological polar surface area (TPSA) is 214 Å². The third kappa shape index (κ3) is 11.6. The minimum absolute atomic E-state index is 0.0116. The minimum Gasteiger partial charge on any atom is -0.397 e. The third-order valence-electron chi connectivity index (χ3n) is 6.09. The number of aromatic amines is 2. The maximum Gasteiger partial charge on any atom is 0.419 e. The number of pyridine rings is 4. The van der Waals surface area contributed by atoms with Crippen LogP contribution in [0.4, 0.5) is 18.9 Å². The summed E-state index contributed by atoms with van der Waals surface area (Å²) >= 11 is 16.5. The zero-order valence-electron chi connectivity index (χ0n) is 26.6. The van der Waals surface area contributed by atoms with E-state index >= 15 is 0 Å². The van der Waals surface area contributed by atoms with E-state index in [9.17, 15) is 27.6 Å². The van der Waals surface area contributed by atoms with Gasteiger partial charge in [0.05, 0.1) is 16.8 Å². The number of aromatic nitrogens is 6. The largest absolute Gasteiger partial charge is 0.419 e. The molecule has 0 unspecified atom stereocenters. The summed E-state index contributed by atoms with van der Waals surface area (Å²) in [6.07, 6.45) is -4.63. The summed E-state index contributed by atoms with van der Waals surface area (Å²) < 4.78 is 52.0. The van der Waals surface area contributed by atoms with Gasteiger partial charge in [0, 0.05) is 39.3 Å². The molecule has 5 heterocycles. The van der Waals surface area contributed by atoms with E-state index in [0.717, 1.165) is 11.1 Å². The summed E-state index contributed by atoms with van der Waals surface area (Å²) in [4.78, 5) is 53.2. The van der Waals surface area contributed by atoms with Gasteiger partial charge >= 0.3 is 6.18 Å². The van der Waals surface area contributed by atoms with Gasteiger partial charge in [0.25, 0.3) is 23.0 Å². The number of hydrogen-bond donors (Lipinski definition) is 4. The van der Waals surface area contributed by atoms with E-state index in [1.807, 2.05) is 13.0 Å². The molecule has 0 spiro atoms. The number of primary amides is 1. The molecule has 14 nitrogen and oxygen atoms in total. The molecule has 20 heteroatoms. The van der Waals surface area contributed by atoms with Crippen molar-refractivity contribution in [1.29, 1.82) is 0 Å². The molecular weight excluding hydrogens is 720 g/mol. The quantitative estimate of drug-likeness (QED) is 0.138. The van der Waals surface area contributed by atoms with E-state index in [1.54, 1.807) is 19.1 Å². The Labute approximate surface area is 290 Å². The van der Waals surface area contributed by atoms with Gasteiger partial charge in [0.2, 0.25) is 0 Å². The van der Waals surface area contributed by atoms with Gasteiger partial charge in [0.1, 0.15) is 26.8 Å². The summed E-state index contributed by atoms with van der Waals surface area (Å²) in [7, 11) is 4.56. The SMILES string of the molecule is COC(C)(OC)OC.Cc1cc2ccc(Cl)nc2c(=O)[nH]1.Cc1nc2cc(C(F)(F)F)c(Cl)nc2c(=O)[nH]1.NC(=O)c1nc(Cl)ccc1N. The lowest BCUT2D eigenvalue weighted by atomic mass is 10.2. The number of aryl methyl sites for hydroxylation is 2. The predicted molar refractivity (Wildman–Crippen MR) is 179 cm³/mol. The molecule has 5 aromatic rings. The highest BCUT2D eigenvalue weighted by Crippen LogP contribution is 2.34. The lowest BCUT2D eigenvalue weighted by molar-refractivity contribution is -0.340. The van der Waals surface area contributed by atoms with Crippen molar-refractivity contribution in [3.05, 3.63) is 95.3 Å². The van der Waals surface area contributed by atoms with E-state index in [0.29, 0.717) is 16.7 Å². The highest BCUT2D eigenvalue weighted by atomic mass is 35.5. The summed E-state index contributed by atoms with van der Waals surface area (Å²) in [6, 6.07) is 9.00. The van der Waals surface area contributed by atoms with Gasteiger partial charge in [0.15, 0.2) is 11.2 Å². The van der Waals surface area contributed by atoms with Crippen molar-refractivity contribution in [3.63, 3.8) is 0 Å². The first-order chi connectivity index (χ1) is 22.7. The second-order valence-corrected chi connectivity index (χ2v) is 10.7. The van der Waals surface area contributed by atoms with Gasteiger partial charge in [-0.05, 0) is 50.2 Å². The average molecular weight is 750 g/mol. The molecule has 0 aromatic carbocycles. The predicted octanol–water partition coefficient (Wildman–Crippen LogP) is 5.20. The fourth-order valence-corrected chi connectivity index (χ4v) is 4.05. The van der Waals surface area contributed by atoms with Crippen molar-refractivity contribution in [2.24, 2.45) is 5.73 Å². The lowest BCUT2D eigenvalue weighted by Crippen LogP contribution is -2.31. The van der Waals surface area contributed by atoms with Crippen LogP contribution < -0.4 is 22.6 Å². The number of nitrogens with one attached hydrogen (secondary N) is 2. The number of anilines is 1. The summed E-state index contributed by atoms with van der Waals surface area (Å²) in [5.74, 6) is -1.34. The number of methoxy groups -OCH3 is 3. The Morgan fingerprint density at radius 1 is 0.816 bits per heavy atom. The van der Waals surface area contributed by atoms with Crippen LogP contribution in [0.5, 0.6) is 0 Å². The van der Waals surface area contributed by atoms with Gasteiger partial charge in [-0.15, -0.1) is 0 Å². The fourth-order valence-electron chi connectivity index (χ4n) is 3.51. The molecule has 0 aliphatic carbocycles. The number of fused-ring (bicyclic) bond motifs is 2. The third-order valence-corrected chi connectivity index (χ3v) is 6.80. The number of rotatable bonds is 4. The maximum atomic E-state index is 12.5. The molecule has 264 valence electrons. The zero-order valence-corrected chi connectivity index (χ0v) is 28.9. The Morgan fingerprint density at radius 3 is 1.88 bits per heavy atom. The molecule has 0 saturated carbocycles. The van der Waals surface area contributed by atoms with E-state index < -0.39 is 34.3 Å². The Hall–Kier alpha value is -4.39. The van der Waals surface area contributed by atoms with Gasteiger partial charge in [-0.1, -0.05) is 34.8 Å². The standard InChI is InChI=1S/C9H5ClF3N3O.C9H7ClN2O.C6H6ClN3O.C5H12O3/c1-3-14-5-2-4(9(11,12)13)7(10)16-6(5)8(17)15-3;1-5-4-6-2-3-7(10)12-8(6)9(13)11-5;7-4-2-1-3(8)5(10-4)6(9)11;1-5(6-2,7-3)8-4/h2H,1H3,(H,14,15,17);2-4H,1H3,(H,11,13);1-2H,8H2,(H2,9,11);1-4H3. The Balaban J connectivity index is 0.000000235. The van der Waals surface area contributed by atoms with Crippen LogP contribution in [0, 0.1) is 13.8 Å². The van der Waals surface area contributed by atoms with Crippen molar-refractivity contribution in [3.8, 4) is 0 Å².